The summed E-state index contributed by atoms with van der Waals surface area (Å²) in [6.45, 7) is 1.90. The number of rotatable bonds is 6. The first-order chi connectivity index (χ1) is 15.8. The molecule has 8 nitrogen and oxygen atoms in total. The molecule has 0 aliphatic heterocycles. The first-order valence-corrected chi connectivity index (χ1v) is 10.1. The first kappa shape index (κ1) is 21.8. The Labute approximate surface area is 189 Å². The lowest BCUT2D eigenvalue weighted by Crippen LogP contribution is -2.20. The highest BCUT2D eigenvalue weighted by Crippen LogP contribution is 2.34. The Morgan fingerprint density at radius 3 is 2.45 bits per heavy atom. The third kappa shape index (κ3) is 4.74. The summed E-state index contributed by atoms with van der Waals surface area (Å²) >= 11 is 0. The van der Waals surface area contributed by atoms with Crippen LogP contribution in [0.5, 0.6) is 11.5 Å². The zero-order valence-corrected chi connectivity index (χ0v) is 18.3. The number of pyridine rings is 1. The van der Waals surface area contributed by atoms with Gasteiger partial charge in [-0.25, -0.2) is 4.98 Å². The fraction of sp³-hybridized carbons (Fsp3) is 0.120. The number of anilines is 1. The van der Waals surface area contributed by atoms with E-state index in [9.17, 15) is 14.4 Å². The Balaban J connectivity index is 1.74. The molecular weight excluding hydrogens is 422 g/mol. The van der Waals surface area contributed by atoms with Crippen molar-refractivity contribution < 1.29 is 23.5 Å². The van der Waals surface area contributed by atoms with Gasteiger partial charge in [0, 0.05) is 37.5 Å². The molecule has 0 atom stereocenters. The second-order valence-corrected chi connectivity index (χ2v) is 7.66. The average molecular weight is 443 g/mol. The maximum absolute atomic E-state index is 12.9. The van der Waals surface area contributed by atoms with E-state index in [1.165, 1.54) is 4.90 Å². The van der Waals surface area contributed by atoms with Crippen molar-refractivity contribution in [3.8, 4) is 11.5 Å². The van der Waals surface area contributed by atoms with Gasteiger partial charge in [0.05, 0.1) is 5.39 Å². The summed E-state index contributed by atoms with van der Waals surface area (Å²) in [4.78, 5) is 41.8. The number of ether oxygens (including phenoxy) is 1. The summed E-state index contributed by atoms with van der Waals surface area (Å²) in [7, 11) is 3.24. The van der Waals surface area contributed by atoms with E-state index >= 15 is 0 Å². The molecule has 0 aliphatic rings. The van der Waals surface area contributed by atoms with Crippen molar-refractivity contribution in [3.05, 3.63) is 83.2 Å². The number of furan rings is 1. The lowest BCUT2D eigenvalue weighted by Gasteiger charge is -2.10. The monoisotopic (exact) mass is 443 g/mol. The highest BCUT2D eigenvalue weighted by Gasteiger charge is 2.20. The van der Waals surface area contributed by atoms with Crippen LogP contribution in [0.1, 0.15) is 36.8 Å². The van der Waals surface area contributed by atoms with Crippen LogP contribution in [-0.2, 0) is 0 Å². The van der Waals surface area contributed by atoms with E-state index in [1.54, 1.807) is 68.8 Å². The van der Waals surface area contributed by atoms with Crippen LogP contribution in [-0.4, -0.2) is 42.1 Å². The van der Waals surface area contributed by atoms with Crippen molar-refractivity contribution in [2.24, 2.45) is 0 Å². The number of hydrogen-bond acceptors (Lipinski definition) is 6. The topological polar surface area (TPSA) is 102 Å². The fourth-order valence-corrected chi connectivity index (χ4v) is 3.12. The van der Waals surface area contributed by atoms with Crippen molar-refractivity contribution >= 4 is 34.9 Å². The molecule has 2 aromatic heterocycles. The van der Waals surface area contributed by atoms with Crippen LogP contribution in [0.3, 0.4) is 0 Å². The molecule has 1 N–H and O–H groups in total. The highest BCUT2D eigenvalue weighted by molar-refractivity contribution is 6.07. The summed E-state index contributed by atoms with van der Waals surface area (Å²) in [5.74, 6) is 0.583. The van der Waals surface area contributed by atoms with E-state index in [2.05, 4.69) is 10.3 Å². The molecule has 33 heavy (non-hydrogen) atoms. The van der Waals surface area contributed by atoms with Gasteiger partial charge >= 0.3 is 0 Å². The summed E-state index contributed by atoms with van der Waals surface area (Å²) in [5, 5.41) is 3.27. The molecule has 0 fully saturated rings. The maximum Gasteiger partial charge on any atom is 0.289 e. The van der Waals surface area contributed by atoms with Gasteiger partial charge in [0.15, 0.2) is 5.76 Å². The molecule has 4 aromatic rings. The molecule has 0 unspecified atom stereocenters. The minimum absolute atomic E-state index is 0.119. The lowest BCUT2D eigenvalue weighted by molar-refractivity contribution is 0.0799. The SMILES string of the molecule is Cc1ccc(NC(=O)c2cc(Oc3ccc(C=O)cc3)c3cc(C(=O)N(C)C)oc3c2)nc1. The van der Waals surface area contributed by atoms with Crippen LogP contribution in [0.15, 0.2) is 65.2 Å². The minimum atomic E-state index is -0.411. The molecular formula is C25H21N3O5. The third-order valence-electron chi connectivity index (χ3n) is 4.88. The van der Waals surface area contributed by atoms with Crippen molar-refractivity contribution in [2.45, 2.75) is 6.92 Å². The molecule has 0 bridgehead atoms. The maximum atomic E-state index is 12.9. The van der Waals surface area contributed by atoms with Crippen molar-refractivity contribution in [1.82, 2.24) is 9.88 Å². The molecule has 4 rings (SSSR count). The van der Waals surface area contributed by atoms with Crippen LogP contribution in [0.25, 0.3) is 11.0 Å². The zero-order valence-electron chi connectivity index (χ0n) is 18.3. The minimum Gasteiger partial charge on any atom is -0.457 e. The third-order valence-corrected chi connectivity index (χ3v) is 4.88. The molecule has 2 aromatic carbocycles. The number of amides is 2. The van der Waals surface area contributed by atoms with Gasteiger partial charge in [-0.15, -0.1) is 0 Å². The molecule has 0 saturated carbocycles. The summed E-state index contributed by atoms with van der Waals surface area (Å²) in [6, 6.07) is 14.8. The number of benzene rings is 2. The second-order valence-electron chi connectivity index (χ2n) is 7.66. The van der Waals surface area contributed by atoms with Crippen LogP contribution in [0, 0.1) is 6.92 Å². The first-order valence-electron chi connectivity index (χ1n) is 10.1. The Morgan fingerprint density at radius 1 is 1.06 bits per heavy atom. The van der Waals surface area contributed by atoms with Crippen molar-refractivity contribution in [1.29, 1.82) is 0 Å². The number of fused-ring (bicyclic) bond motifs is 1. The van der Waals surface area contributed by atoms with Crippen LogP contribution < -0.4 is 10.1 Å². The molecule has 0 saturated heterocycles. The van der Waals surface area contributed by atoms with Gasteiger partial charge in [-0.3, -0.25) is 14.4 Å². The van der Waals surface area contributed by atoms with E-state index in [-0.39, 0.29) is 17.2 Å². The number of hydrogen-bond donors (Lipinski definition) is 1. The summed E-state index contributed by atoms with van der Waals surface area (Å²) in [5.41, 5.74) is 2.07. The highest BCUT2D eigenvalue weighted by atomic mass is 16.5. The van der Waals surface area contributed by atoms with Gasteiger partial charge in [0.2, 0.25) is 0 Å². The molecule has 2 heterocycles. The number of carbonyl (C=O) groups is 3. The quantitative estimate of drug-likeness (QED) is 0.434. The molecule has 0 spiro atoms. The van der Waals surface area contributed by atoms with E-state index in [0.717, 1.165) is 11.8 Å². The molecule has 8 heteroatoms. The van der Waals surface area contributed by atoms with Crippen LogP contribution in [0.2, 0.25) is 0 Å². The number of nitrogens with zero attached hydrogens (tertiary/aromatic N) is 2. The number of aryl methyl sites for hydroxylation is 1. The number of carbonyl (C=O) groups excluding carboxylic acids is 3. The normalized spacial score (nSPS) is 10.6. The van der Waals surface area contributed by atoms with E-state index in [0.29, 0.717) is 33.8 Å². The Kier molecular flexibility index (Phi) is 5.91. The summed E-state index contributed by atoms with van der Waals surface area (Å²) in [6.07, 6.45) is 2.39. The Bertz CT molecular complexity index is 1340. The molecule has 0 radical (unpaired) electrons. The van der Waals surface area contributed by atoms with Gasteiger partial charge in [-0.2, -0.15) is 0 Å². The standard InChI is InChI=1S/C25H21N3O5/c1-15-4-9-23(26-13-15)27-24(30)17-10-20(32-18-7-5-16(14-29)6-8-18)19-12-22(25(31)28(2)3)33-21(19)11-17/h4-14H,1-3H3,(H,26,27,30). The van der Waals surface area contributed by atoms with Crippen molar-refractivity contribution in [2.75, 3.05) is 19.4 Å². The largest absolute Gasteiger partial charge is 0.457 e. The summed E-state index contributed by atoms with van der Waals surface area (Å²) < 4.78 is 11.8. The smallest absolute Gasteiger partial charge is 0.289 e. The Hall–Kier alpha value is -4.46. The molecule has 2 amide bonds. The van der Waals surface area contributed by atoms with E-state index in [1.807, 2.05) is 13.0 Å². The van der Waals surface area contributed by atoms with Gasteiger partial charge in [0.25, 0.3) is 11.8 Å². The predicted molar refractivity (Wildman–Crippen MR) is 123 cm³/mol. The number of nitrogens with one attached hydrogen (secondary N) is 1. The van der Waals surface area contributed by atoms with Gasteiger partial charge in [-0.05, 0) is 55.0 Å². The van der Waals surface area contributed by atoms with Crippen LogP contribution >= 0.6 is 0 Å². The van der Waals surface area contributed by atoms with E-state index < -0.39 is 5.91 Å². The number of aromatic nitrogens is 1. The zero-order chi connectivity index (χ0) is 23.5. The lowest BCUT2D eigenvalue weighted by atomic mass is 10.1. The van der Waals surface area contributed by atoms with Gasteiger partial charge in [0.1, 0.15) is 29.2 Å². The van der Waals surface area contributed by atoms with Crippen LogP contribution in [0.4, 0.5) is 5.82 Å². The van der Waals surface area contributed by atoms with E-state index in [4.69, 9.17) is 9.15 Å². The van der Waals surface area contributed by atoms with Crippen molar-refractivity contribution in [3.63, 3.8) is 0 Å². The van der Waals surface area contributed by atoms with Gasteiger partial charge < -0.3 is 19.4 Å². The number of aldehydes is 1. The van der Waals surface area contributed by atoms with Gasteiger partial charge in [-0.1, -0.05) is 6.07 Å². The molecule has 166 valence electrons. The second kappa shape index (κ2) is 8.96. The Morgan fingerprint density at radius 2 is 1.82 bits per heavy atom. The predicted octanol–water partition coefficient (Wildman–Crippen LogP) is 4.70. The average Bonchev–Trinajstić information content (AvgIpc) is 3.25. The fourth-order valence-electron chi connectivity index (χ4n) is 3.12. The molecule has 0 aliphatic carbocycles.